The Kier molecular flexibility index (Phi) is 11.5. The van der Waals surface area contributed by atoms with Crippen LogP contribution in [0.5, 0.6) is 0 Å². The topological polar surface area (TPSA) is 172 Å². The second kappa shape index (κ2) is 16.6. The number of sulfone groups is 1. The SMILES string of the molecule is Cc1cc(S(=O)(=O)C2CC3(CCN(CC4CCN(c5cccc6c5n(C)c(=O)n6C5CCC(=O)NC5=O)CC4)CC3)C2)ccc1Nc1ncc(C(F)(F)F)c(C2CCC(C)(O)CC2)n1. The lowest BCUT2D eigenvalue weighted by Gasteiger charge is -2.52. The number of carbonyl (C=O) groups is 2. The van der Waals surface area contributed by atoms with Gasteiger partial charge in [-0.05, 0) is 145 Å². The quantitative estimate of drug-likeness (QED) is 0.156. The number of imidazole rings is 1. The van der Waals surface area contributed by atoms with Crippen LogP contribution < -0.4 is 21.2 Å². The van der Waals surface area contributed by atoms with E-state index in [1.165, 1.54) is 4.57 Å². The number of carbonyl (C=O) groups excluding carboxylic acids is 2. The fourth-order valence-electron chi connectivity index (χ4n) is 11.1. The van der Waals surface area contributed by atoms with Gasteiger partial charge < -0.3 is 20.2 Å². The number of benzene rings is 2. The Hall–Kier alpha value is -4.81. The molecule has 14 nitrogen and oxygen atoms in total. The van der Waals surface area contributed by atoms with E-state index in [-0.39, 0.29) is 46.4 Å². The first-order valence-corrected chi connectivity index (χ1v) is 24.1. The third-order valence-electron chi connectivity index (χ3n) is 15.1. The number of amides is 2. The lowest BCUT2D eigenvalue weighted by molar-refractivity contribution is -0.139. The molecule has 5 aliphatic rings. The highest BCUT2D eigenvalue weighted by molar-refractivity contribution is 7.92. The normalized spacial score (nSPS) is 25.1. The number of para-hydroxylation sites is 1. The fraction of sp³-hybridized carbons (Fsp3) is 0.587. The first-order valence-electron chi connectivity index (χ1n) is 22.6. The number of imide groups is 1. The van der Waals surface area contributed by atoms with Gasteiger partial charge in [0.25, 0.3) is 0 Å². The van der Waals surface area contributed by atoms with E-state index in [4.69, 9.17) is 0 Å². The zero-order valence-corrected chi connectivity index (χ0v) is 37.4. The van der Waals surface area contributed by atoms with Crippen LogP contribution in [-0.4, -0.2) is 92.9 Å². The van der Waals surface area contributed by atoms with E-state index in [0.717, 1.165) is 75.8 Å². The summed E-state index contributed by atoms with van der Waals surface area (Å²) < 4.78 is 72.9. The zero-order valence-electron chi connectivity index (χ0n) is 36.6. The van der Waals surface area contributed by atoms with Crippen molar-refractivity contribution in [2.45, 2.75) is 125 Å². The summed E-state index contributed by atoms with van der Waals surface area (Å²) in [6.45, 7) is 7.97. The number of anilines is 3. The lowest BCUT2D eigenvalue weighted by atomic mass is 9.63. The Balaban J connectivity index is 0.775. The molecule has 3 aliphatic heterocycles. The molecule has 64 heavy (non-hydrogen) atoms. The molecule has 18 heteroatoms. The summed E-state index contributed by atoms with van der Waals surface area (Å²) in [4.78, 5) is 51.4. The molecule has 2 aromatic carbocycles. The smallest absolute Gasteiger partial charge is 0.390 e. The van der Waals surface area contributed by atoms with Gasteiger partial charge in [0.05, 0.1) is 43.7 Å². The molecule has 2 saturated carbocycles. The summed E-state index contributed by atoms with van der Waals surface area (Å²) in [5, 5.41) is 15.3. The van der Waals surface area contributed by atoms with Crippen LogP contribution >= 0.6 is 0 Å². The number of aryl methyl sites for hydroxylation is 2. The number of likely N-dealkylation sites (tertiary alicyclic amines) is 1. The van der Waals surface area contributed by atoms with Gasteiger partial charge >= 0.3 is 11.9 Å². The average molecular weight is 907 g/mol. The molecule has 1 atom stereocenters. The van der Waals surface area contributed by atoms with E-state index in [9.17, 15) is 41.1 Å². The maximum atomic E-state index is 14.0. The fourth-order valence-corrected chi connectivity index (χ4v) is 13.3. The van der Waals surface area contributed by atoms with E-state index < -0.39 is 50.3 Å². The number of hydrogen-bond donors (Lipinski definition) is 3. The molecule has 3 N–H and O–H groups in total. The molecule has 1 unspecified atom stereocenters. The van der Waals surface area contributed by atoms with Gasteiger partial charge in [0.2, 0.25) is 17.8 Å². The molecule has 0 radical (unpaired) electrons. The Morgan fingerprint density at radius 1 is 0.953 bits per heavy atom. The number of fused-ring (bicyclic) bond motifs is 1. The lowest BCUT2D eigenvalue weighted by Crippen LogP contribution is -2.52. The number of halogens is 3. The van der Waals surface area contributed by atoms with Crippen LogP contribution in [0.4, 0.5) is 30.5 Å². The molecule has 4 aromatic rings. The molecular weight excluding hydrogens is 850 g/mol. The minimum absolute atomic E-state index is 0.000194. The van der Waals surface area contributed by atoms with Crippen LogP contribution in [0.3, 0.4) is 0 Å². The van der Waals surface area contributed by atoms with E-state index in [1.54, 1.807) is 43.7 Å². The van der Waals surface area contributed by atoms with Crippen molar-refractivity contribution in [2.75, 3.05) is 42.9 Å². The largest absolute Gasteiger partial charge is 0.419 e. The number of nitrogens with one attached hydrogen (secondary N) is 2. The van der Waals surface area contributed by atoms with Crippen molar-refractivity contribution in [3.63, 3.8) is 0 Å². The Morgan fingerprint density at radius 3 is 2.31 bits per heavy atom. The van der Waals surface area contributed by atoms with Crippen LogP contribution in [0, 0.1) is 18.3 Å². The van der Waals surface area contributed by atoms with Gasteiger partial charge in [-0.3, -0.25) is 24.0 Å². The van der Waals surface area contributed by atoms with Crippen molar-refractivity contribution >= 4 is 50.0 Å². The van der Waals surface area contributed by atoms with Crippen molar-refractivity contribution in [3.8, 4) is 0 Å². The molecule has 2 aliphatic carbocycles. The van der Waals surface area contributed by atoms with E-state index in [1.807, 2.05) is 18.2 Å². The summed E-state index contributed by atoms with van der Waals surface area (Å²) in [5.41, 5.74) is 1.41. The Morgan fingerprint density at radius 2 is 1.66 bits per heavy atom. The Bertz CT molecular complexity index is 2630. The van der Waals surface area contributed by atoms with E-state index in [2.05, 4.69) is 30.4 Å². The summed E-state index contributed by atoms with van der Waals surface area (Å²) >= 11 is 0. The molecule has 5 fully saturated rings. The van der Waals surface area contributed by atoms with Gasteiger partial charge in [-0.15, -0.1) is 0 Å². The molecular formula is C46H57F3N8O6S. The predicted molar refractivity (Wildman–Crippen MR) is 235 cm³/mol. The van der Waals surface area contributed by atoms with Gasteiger partial charge in [-0.2, -0.15) is 13.2 Å². The number of alkyl halides is 3. The number of piperidine rings is 3. The van der Waals surface area contributed by atoms with Crippen LogP contribution in [0.1, 0.15) is 113 Å². The van der Waals surface area contributed by atoms with Gasteiger partial charge in [-0.25, -0.2) is 23.2 Å². The van der Waals surface area contributed by atoms with Gasteiger partial charge in [0.15, 0.2) is 9.84 Å². The number of aliphatic hydroxyl groups is 1. The molecule has 0 bridgehead atoms. The number of aromatic nitrogens is 4. The minimum Gasteiger partial charge on any atom is -0.390 e. The molecule has 2 amide bonds. The van der Waals surface area contributed by atoms with Gasteiger partial charge in [-0.1, -0.05) is 6.07 Å². The number of nitrogens with zero attached hydrogens (tertiary/aromatic N) is 6. The first-order chi connectivity index (χ1) is 30.3. The van der Waals surface area contributed by atoms with Crippen LogP contribution in [-0.2, 0) is 32.7 Å². The Labute approximate surface area is 370 Å². The highest BCUT2D eigenvalue weighted by atomic mass is 32.2. The molecule has 9 rings (SSSR count). The molecule has 344 valence electrons. The third kappa shape index (κ3) is 8.45. The summed E-state index contributed by atoms with van der Waals surface area (Å²) in [5.74, 6) is -0.725. The maximum Gasteiger partial charge on any atom is 0.419 e. The second-order valence-electron chi connectivity index (χ2n) is 19.5. The molecule has 3 saturated heterocycles. The molecule has 1 spiro atoms. The van der Waals surface area contributed by atoms with E-state index >= 15 is 0 Å². The van der Waals surface area contributed by atoms with Crippen molar-refractivity contribution in [3.05, 3.63) is 69.9 Å². The van der Waals surface area contributed by atoms with Crippen LogP contribution in [0.2, 0.25) is 0 Å². The second-order valence-corrected chi connectivity index (χ2v) is 21.7. The number of hydrogen-bond acceptors (Lipinski definition) is 11. The van der Waals surface area contributed by atoms with Crippen LogP contribution in [0.25, 0.3) is 11.0 Å². The van der Waals surface area contributed by atoms with Crippen LogP contribution in [0.15, 0.2) is 52.3 Å². The summed E-state index contributed by atoms with van der Waals surface area (Å²) in [6, 6.07) is 9.88. The van der Waals surface area contributed by atoms with E-state index in [0.29, 0.717) is 61.2 Å². The molecule has 5 heterocycles. The number of rotatable bonds is 9. The average Bonchev–Trinajstić information content (AvgIpc) is 3.49. The monoisotopic (exact) mass is 906 g/mol. The minimum atomic E-state index is -4.63. The first kappa shape index (κ1) is 44.4. The third-order valence-corrected chi connectivity index (χ3v) is 17.2. The highest BCUT2D eigenvalue weighted by Gasteiger charge is 2.51. The zero-order chi connectivity index (χ0) is 45.3. The maximum absolute atomic E-state index is 14.0. The van der Waals surface area contributed by atoms with Crippen molar-refractivity contribution < 1.29 is 36.3 Å². The summed E-state index contributed by atoms with van der Waals surface area (Å²) in [7, 11) is -1.87. The molecule has 2 aromatic heterocycles. The standard InChI is InChI=1S/C46H57F3N8O6S/c1-28-23-31(7-8-34(28)51-42-50-26-33(46(47,48)49)39(53-42)30-11-15-44(2,61)16-12-30)64(62,63)32-24-45(25-32)17-21-55(22-18-45)27-29-13-19-56(20-14-29)35-5-4-6-36-40(35)54(3)43(60)57(36)37-9-10-38(58)52-41(37)59/h4-8,23,26,29-30,32,37,61H,9-22,24-25,27H2,1-3H3,(H,50,51,53)(H,52,58,59). The summed E-state index contributed by atoms with van der Waals surface area (Å²) in [6.07, 6.45) is 3.30. The van der Waals surface area contributed by atoms with Gasteiger partial charge in [0, 0.05) is 50.9 Å². The predicted octanol–water partition coefficient (Wildman–Crippen LogP) is 6.52. The highest BCUT2D eigenvalue weighted by Crippen LogP contribution is 2.53. The van der Waals surface area contributed by atoms with Crippen molar-refractivity contribution in [2.24, 2.45) is 18.4 Å². The van der Waals surface area contributed by atoms with Gasteiger partial charge in [0.1, 0.15) is 6.04 Å². The van der Waals surface area contributed by atoms with Crippen molar-refractivity contribution in [1.82, 2.24) is 29.3 Å². The van der Waals surface area contributed by atoms with Crippen molar-refractivity contribution in [1.29, 1.82) is 0 Å².